The van der Waals surface area contributed by atoms with E-state index in [1.54, 1.807) is 0 Å². The lowest BCUT2D eigenvalue weighted by atomic mass is 9.97. The summed E-state index contributed by atoms with van der Waals surface area (Å²) in [6, 6.07) is 10.5. The number of hydrogen-bond acceptors (Lipinski definition) is 2. The van der Waals surface area contributed by atoms with Crippen molar-refractivity contribution in [1.82, 2.24) is 10.2 Å². The van der Waals surface area contributed by atoms with Gasteiger partial charge in [0.1, 0.15) is 0 Å². The van der Waals surface area contributed by atoms with E-state index >= 15 is 0 Å². The Morgan fingerprint density at radius 2 is 1.90 bits per heavy atom. The van der Waals surface area contributed by atoms with Crippen LogP contribution in [0.2, 0.25) is 0 Å². The zero-order valence-electron chi connectivity index (χ0n) is 13.8. The summed E-state index contributed by atoms with van der Waals surface area (Å²) in [7, 11) is 0. The fraction of sp³-hybridized carbons (Fsp3) is 0.684. The van der Waals surface area contributed by atoms with Gasteiger partial charge >= 0.3 is 0 Å². The van der Waals surface area contributed by atoms with Crippen LogP contribution in [-0.2, 0) is 6.54 Å². The molecular formula is C19H30N2. The molecule has 1 aromatic rings. The molecule has 0 aromatic heterocycles. The van der Waals surface area contributed by atoms with E-state index in [0.29, 0.717) is 6.04 Å². The fourth-order valence-electron chi connectivity index (χ4n) is 3.68. The highest BCUT2D eigenvalue weighted by Gasteiger charge is 2.38. The molecule has 0 bridgehead atoms. The standard InChI is InChI=1S/C19H30N2/c1-14(2)10-18-13-21(19(11-20-18)17-8-9-17)12-16-6-4-15(3)5-7-16/h4-7,14,17-20H,8-13H2,1-3H3. The van der Waals surface area contributed by atoms with E-state index in [9.17, 15) is 0 Å². The highest BCUT2D eigenvalue weighted by molar-refractivity contribution is 5.21. The molecule has 2 atom stereocenters. The third-order valence-electron chi connectivity index (χ3n) is 4.97. The van der Waals surface area contributed by atoms with Gasteiger partial charge in [0.2, 0.25) is 0 Å². The van der Waals surface area contributed by atoms with Crippen molar-refractivity contribution < 1.29 is 0 Å². The first-order valence-corrected chi connectivity index (χ1v) is 8.65. The molecule has 2 fully saturated rings. The van der Waals surface area contributed by atoms with Crippen molar-refractivity contribution in [3.05, 3.63) is 35.4 Å². The van der Waals surface area contributed by atoms with Gasteiger partial charge in [0.25, 0.3) is 0 Å². The SMILES string of the molecule is Cc1ccc(CN2CC(CC(C)C)NCC2C2CC2)cc1. The van der Waals surface area contributed by atoms with Gasteiger partial charge in [-0.2, -0.15) is 0 Å². The third-order valence-corrected chi connectivity index (χ3v) is 4.97. The van der Waals surface area contributed by atoms with Crippen LogP contribution >= 0.6 is 0 Å². The molecular weight excluding hydrogens is 256 g/mol. The van der Waals surface area contributed by atoms with Crippen LogP contribution in [0.15, 0.2) is 24.3 Å². The van der Waals surface area contributed by atoms with E-state index in [4.69, 9.17) is 0 Å². The van der Waals surface area contributed by atoms with Gasteiger partial charge in [-0.1, -0.05) is 43.7 Å². The van der Waals surface area contributed by atoms with Crippen LogP contribution in [0.1, 0.15) is 44.2 Å². The number of rotatable bonds is 5. The maximum absolute atomic E-state index is 3.81. The highest BCUT2D eigenvalue weighted by Crippen LogP contribution is 2.37. The van der Waals surface area contributed by atoms with Gasteiger partial charge in [-0.3, -0.25) is 4.90 Å². The molecule has 3 rings (SSSR count). The Labute approximate surface area is 129 Å². The lowest BCUT2D eigenvalue weighted by molar-refractivity contribution is 0.100. The average Bonchev–Trinajstić information content (AvgIpc) is 3.25. The van der Waals surface area contributed by atoms with Crippen molar-refractivity contribution in [2.45, 2.75) is 58.7 Å². The number of benzene rings is 1. The van der Waals surface area contributed by atoms with Crippen LogP contribution in [0.25, 0.3) is 0 Å². The zero-order chi connectivity index (χ0) is 14.8. The van der Waals surface area contributed by atoms with E-state index in [1.165, 1.54) is 43.5 Å². The van der Waals surface area contributed by atoms with Gasteiger partial charge in [-0.25, -0.2) is 0 Å². The Bertz CT molecular complexity index is 447. The fourth-order valence-corrected chi connectivity index (χ4v) is 3.68. The summed E-state index contributed by atoms with van der Waals surface area (Å²) in [4.78, 5) is 2.76. The summed E-state index contributed by atoms with van der Waals surface area (Å²) in [5.41, 5.74) is 2.83. The Kier molecular flexibility index (Phi) is 4.66. The summed E-state index contributed by atoms with van der Waals surface area (Å²) >= 11 is 0. The molecule has 1 aromatic carbocycles. The zero-order valence-corrected chi connectivity index (χ0v) is 13.8. The third kappa shape index (κ3) is 4.08. The van der Waals surface area contributed by atoms with Crippen LogP contribution in [0.5, 0.6) is 0 Å². The lowest BCUT2D eigenvalue weighted by Gasteiger charge is -2.41. The molecule has 0 radical (unpaired) electrons. The van der Waals surface area contributed by atoms with Crippen LogP contribution in [0, 0.1) is 18.8 Å². The minimum Gasteiger partial charge on any atom is -0.311 e. The normalized spacial score (nSPS) is 27.2. The first-order chi connectivity index (χ1) is 10.1. The Hall–Kier alpha value is -0.860. The molecule has 1 saturated heterocycles. The first kappa shape index (κ1) is 15.1. The topological polar surface area (TPSA) is 15.3 Å². The molecule has 2 nitrogen and oxygen atoms in total. The highest BCUT2D eigenvalue weighted by atomic mass is 15.2. The molecule has 116 valence electrons. The molecule has 0 amide bonds. The first-order valence-electron chi connectivity index (χ1n) is 8.65. The van der Waals surface area contributed by atoms with Gasteiger partial charge in [0.15, 0.2) is 0 Å². The van der Waals surface area contributed by atoms with Crippen LogP contribution in [0.3, 0.4) is 0 Å². The van der Waals surface area contributed by atoms with E-state index < -0.39 is 0 Å². The van der Waals surface area contributed by atoms with Crippen molar-refractivity contribution >= 4 is 0 Å². The molecule has 0 spiro atoms. The predicted molar refractivity (Wildman–Crippen MR) is 89.3 cm³/mol. The molecule has 1 N–H and O–H groups in total. The summed E-state index contributed by atoms with van der Waals surface area (Å²) < 4.78 is 0. The van der Waals surface area contributed by atoms with Crippen molar-refractivity contribution in [3.63, 3.8) is 0 Å². The van der Waals surface area contributed by atoms with Crippen LogP contribution in [-0.4, -0.2) is 30.1 Å². The molecule has 2 heteroatoms. The van der Waals surface area contributed by atoms with Crippen molar-refractivity contribution in [3.8, 4) is 0 Å². The number of piperazine rings is 1. The molecule has 21 heavy (non-hydrogen) atoms. The molecule has 2 aliphatic rings. The van der Waals surface area contributed by atoms with Gasteiger partial charge in [0.05, 0.1) is 0 Å². The van der Waals surface area contributed by atoms with Gasteiger partial charge < -0.3 is 5.32 Å². The number of hydrogen-bond donors (Lipinski definition) is 1. The van der Waals surface area contributed by atoms with Gasteiger partial charge in [-0.05, 0) is 43.6 Å². The number of aryl methyl sites for hydroxylation is 1. The van der Waals surface area contributed by atoms with E-state index in [-0.39, 0.29) is 0 Å². The quantitative estimate of drug-likeness (QED) is 0.890. The lowest BCUT2D eigenvalue weighted by Crippen LogP contribution is -2.57. The summed E-state index contributed by atoms with van der Waals surface area (Å²) in [6.45, 7) is 10.4. The van der Waals surface area contributed by atoms with Gasteiger partial charge in [-0.15, -0.1) is 0 Å². The second-order valence-electron chi connectivity index (χ2n) is 7.55. The summed E-state index contributed by atoms with van der Waals surface area (Å²) in [5.74, 6) is 1.73. The molecule has 1 aliphatic carbocycles. The smallest absolute Gasteiger partial charge is 0.0253 e. The largest absolute Gasteiger partial charge is 0.311 e. The van der Waals surface area contributed by atoms with Crippen molar-refractivity contribution in [1.29, 1.82) is 0 Å². The van der Waals surface area contributed by atoms with Crippen LogP contribution in [0.4, 0.5) is 0 Å². The Morgan fingerprint density at radius 3 is 2.52 bits per heavy atom. The summed E-state index contributed by atoms with van der Waals surface area (Å²) in [5, 5.41) is 3.81. The molecule has 2 unspecified atom stereocenters. The number of nitrogens with zero attached hydrogens (tertiary/aromatic N) is 1. The van der Waals surface area contributed by atoms with Crippen molar-refractivity contribution in [2.75, 3.05) is 13.1 Å². The van der Waals surface area contributed by atoms with Gasteiger partial charge in [0, 0.05) is 31.7 Å². The Balaban J connectivity index is 1.66. The molecule has 1 saturated carbocycles. The second kappa shape index (κ2) is 6.50. The predicted octanol–water partition coefficient (Wildman–Crippen LogP) is 3.59. The minimum absolute atomic E-state index is 0.672. The van der Waals surface area contributed by atoms with Crippen molar-refractivity contribution in [2.24, 2.45) is 11.8 Å². The maximum Gasteiger partial charge on any atom is 0.0253 e. The number of nitrogens with one attached hydrogen (secondary N) is 1. The molecule has 1 aliphatic heterocycles. The average molecular weight is 286 g/mol. The summed E-state index contributed by atoms with van der Waals surface area (Å²) in [6.07, 6.45) is 4.17. The van der Waals surface area contributed by atoms with E-state index in [1.807, 2.05) is 0 Å². The second-order valence-corrected chi connectivity index (χ2v) is 7.55. The van der Waals surface area contributed by atoms with E-state index in [0.717, 1.165) is 24.4 Å². The van der Waals surface area contributed by atoms with Crippen LogP contribution < -0.4 is 5.32 Å². The molecule has 1 heterocycles. The minimum atomic E-state index is 0.672. The monoisotopic (exact) mass is 286 g/mol. The Morgan fingerprint density at radius 1 is 1.19 bits per heavy atom. The van der Waals surface area contributed by atoms with E-state index in [2.05, 4.69) is 55.3 Å². The maximum atomic E-state index is 3.81.